The molecule has 0 radical (unpaired) electrons. The van der Waals surface area contributed by atoms with Gasteiger partial charge in [-0.2, -0.15) is 0 Å². The highest BCUT2D eigenvalue weighted by molar-refractivity contribution is 6.07. The predicted octanol–water partition coefficient (Wildman–Crippen LogP) is 3.18. The molecular weight excluding hydrogens is 318 g/mol. The first kappa shape index (κ1) is 15.7. The zero-order valence-corrected chi connectivity index (χ0v) is 12.5. The lowest BCUT2D eigenvalue weighted by Gasteiger charge is -2.07. The molecule has 0 bridgehead atoms. The second kappa shape index (κ2) is 6.11. The number of benzene rings is 2. The lowest BCUT2D eigenvalue weighted by Crippen LogP contribution is -2.20. The van der Waals surface area contributed by atoms with Crippen LogP contribution >= 0.6 is 0 Å². The number of hydrogen-bond donors (Lipinski definition) is 1. The molecular formula is C17H12F2N2O3. The van der Waals surface area contributed by atoms with E-state index >= 15 is 0 Å². The van der Waals surface area contributed by atoms with Crippen LogP contribution in [-0.4, -0.2) is 10.6 Å². The number of nitrogens with zero attached hydrogens (tertiary/aromatic N) is 1. The maximum absolute atomic E-state index is 13.7. The molecule has 0 spiro atoms. The van der Waals surface area contributed by atoms with E-state index in [1.54, 1.807) is 30.3 Å². The van der Waals surface area contributed by atoms with Gasteiger partial charge in [-0.1, -0.05) is 30.3 Å². The zero-order chi connectivity index (χ0) is 17.3. The van der Waals surface area contributed by atoms with E-state index in [4.69, 9.17) is 4.52 Å². The number of aromatic nitrogens is 1. The van der Waals surface area contributed by atoms with Crippen LogP contribution in [0.5, 0.6) is 0 Å². The van der Waals surface area contributed by atoms with Crippen molar-refractivity contribution in [2.24, 2.45) is 7.05 Å². The van der Waals surface area contributed by atoms with Crippen molar-refractivity contribution in [3.05, 3.63) is 76.1 Å². The molecule has 24 heavy (non-hydrogen) atoms. The molecule has 1 N–H and O–H groups in total. The van der Waals surface area contributed by atoms with Crippen molar-refractivity contribution < 1.29 is 18.1 Å². The molecule has 3 rings (SSSR count). The van der Waals surface area contributed by atoms with Crippen molar-refractivity contribution in [2.75, 3.05) is 5.32 Å². The Kier molecular flexibility index (Phi) is 3.99. The third kappa shape index (κ3) is 2.83. The van der Waals surface area contributed by atoms with Crippen molar-refractivity contribution >= 4 is 11.6 Å². The van der Waals surface area contributed by atoms with Crippen LogP contribution in [0, 0.1) is 11.6 Å². The maximum Gasteiger partial charge on any atom is 0.370 e. The first-order chi connectivity index (χ1) is 11.5. The van der Waals surface area contributed by atoms with E-state index in [-0.39, 0.29) is 16.9 Å². The fraction of sp³-hybridized carbons (Fsp3) is 0.0588. The molecule has 122 valence electrons. The number of hydrogen-bond acceptors (Lipinski definition) is 3. The summed E-state index contributed by atoms with van der Waals surface area (Å²) in [5.41, 5.74) is -0.483. The Labute approximate surface area is 135 Å². The van der Waals surface area contributed by atoms with E-state index < -0.39 is 23.2 Å². The first-order valence-corrected chi connectivity index (χ1v) is 6.99. The maximum atomic E-state index is 13.7. The second-order valence-corrected chi connectivity index (χ2v) is 5.04. The summed E-state index contributed by atoms with van der Waals surface area (Å²) in [6.07, 6.45) is 0. The molecule has 3 aromatic rings. The summed E-state index contributed by atoms with van der Waals surface area (Å²) in [7, 11) is 1.49. The van der Waals surface area contributed by atoms with Crippen molar-refractivity contribution in [3.8, 4) is 11.3 Å². The fourth-order valence-corrected chi connectivity index (χ4v) is 2.37. The third-order valence-corrected chi connectivity index (χ3v) is 3.43. The highest BCUT2D eigenvalue weighted by Gasteiger charge is 2.24. The molecule has 1 aromatic heterocycles. The number of halogens is 2. The van der Waals surface area contributed by atoms with Gasteiger partial charge in [0, 0.05) is 18.7 Å². The average Bonchev–Trinajstić information content (AvgIpc) is 2.85. The van der Waals surface area contributed by atoms with Crippen LogP contribution in [0.4, 0.5) is 14.5 Å². The average molecular weight is 330 g/mol. The molecule has 0 aliphatic rings. The lowest BCUT2D eigenvalue weighted by atomic mass is 10.1. The van der Waals surface area contributed by atoms with E-state index in [0.717, 1.165) is 12.1 Å². The monoisotopic (exact) mass is 330 g/mol. The zero-order valence-electron chi connectivity index (χ0n) is 12.5. The van der Waals surface area contributed by atoms with Crippen LogP contribution in [0.15, 0.2) is 57.8 Å². The van der Waals surface area contributed by atoms with Crippen LogP contribution in [0.1, 0.15) is 10.4 Å². The van der Waals surface area contributed by atoms with E-state index in [2.05, 4.69) is 5.32 Å². The summed E-state index contributed by atoms with van der Waals surface area (Å²) < 4.78 is 32.8. The minimum absolute atomic E-state index is 0.233. The lowest BCUT2D eigenvalue weighted by molar-refractivity contribution is 0.102. The van der Waals surface area contributed by atoms with Crippen LogP contribution in [0.3, 0.4) is 0 Å². The highest BCUT2D eigenvalue weighted by atomic mass is 19.1. The Hall–Kier alpha value is -3.22. The number of amides is 1. The van der Waals surface area contributed by atoms with E-state index in [0.29, 0.717) is 11.6 Å². The largest absolute Gasteiger partial charge is 0.370 e. The number of aryl methyl sites for hydroxylation is 1. The predicted molar refractivity (Wildman–Crippen MR) is 83.7 cm³/mol. The van der Waals surface area contributed by atoms with Gasteiger partial charge in [-0.25, -0.2) is 18.3 Å². The Balaban J connectivity index is 2.03. The van der Waals surface area contributed by atoms with Gasteiger partial charge in [-0.05, 0) is 12.1 Å². The van der Waals surface area contributed by atoms with Gasteiger partial charge < -0.3 is 9.84 Å². The normalized spacial score (nSPS) is 10.6. The second-order valence-electron chi connectivity index (χ2n) is 5.04. The van der Waals surface area contributed by atoms with Crippen LogP contribution in [0.2, 0.25) is 0 Å². The first-order valence-electron chi connectivity index (χ1n) is 6.99. The molecule has 0 unspecified atom stereocenters. The molecule has 0 fully saturated rings. The topological polar surface area (TPSA) is 64.2 Å². The summed E-state index contributed by atoms with van der Waals surface area (Å²) in [4.78, 5) is 24.4. The molecule has 0 aliphatic carbocycles. The summed E-state index contributed by atoms with van der Waals surface area (Å²) in [6, 6.07) is 11.4. The fourth-order valence-electron chi connectivity index (χ4n) is 2.37. The highest BCUT2D eigenvalue weighted by Crippen LogP contribution is 2.23. The standard InChI is InChI=1S/C17H12F2N2O3/c1-21-15(10-5-3-2-4-6-10)14(17(23)24-21)16(22)20-13-8-7-11(18)9-12(13)19/h2-9H,1H3,(H,20,22). The van der Waals surface area contributed by atoms with E-state index in [1.807, 2.05) is 0 Å². The molecule has 2 aromatic carbocycles. The summed E-state index contributed by atoms with van der Waals surface area (Å²) in [6.45, 7) is 0. The van der Waals surface area contributed by atoms with Gasteiger partial charge in [-0.15, -0.1) is 0 Å². The van der Waals surface area contributed by atoms with E-state index in [1.165, 1.54) is 11.8 Å². The minimum atomic E-state index is -0.940. The van der Waals surface area contributed by atoms with Crippen molar-refractivity contribution in [3.63, 3.8) is 0 Å². The summed E-state index contributed by atoms with van der Waals surface area (Å²) in [5, 5.41) is 2.26. The molecule has 1 heterocycles. The van der Waals surface area contributed by atoms with Crippen LogP contribution in [0.25, 0.3) is 11.3 Å². The van der Waals surface area contributed by atoms with Gasteiger partial charge in [0.05, 0.1) is 5.69 Å². The van der Waals surface area contributed by atoms with Gasteiger partial charge in [0.25, 0.3) is 5.91 Å². The number of anilines is 1. The van der Waals surface area contributed by atoms with Gasteiger partial charge in [0.2, 0.25) is 0 Å². The molecule has 7 heteroatoms. The smallest absolute Gasteiger partial charge is 0.335 e. The van der Waals surface area contributed by atoms with Gasteiger partial charge in [0.1, 0.15) is 17.3 Å². The summed E-state index contributed by atoms with van der Waals surface area (Å²) >= 11 is 0. The number of carbonyl (C=O) groups excluding carboxylic acids is 1. The molecule has 0 aliphatic heterocycles. The van der Waals surface area contributed by atoms with E-state index in [9.17, 15) is 18.4 Å². The van der Waals surface area contributed by atoms with Crippen molar-refractivity contribution in [1.82, 2.24) is 4.74 Å². The van der Waals surface area contributed by atoms with Gasteiger partial charge in [-0.3, -0.25) is 4.79 Å². The number of carbonyl (C=O) groups is 1. The quantitative estimate of drug-likeness (QED) is 0.802. The van der Waals surface area contributed by atoms with Crippen LogP contribution < -0.4 is 10.9 Å². The SMILES string of the molecule is Cn1oc(=O)c(C(=O)Nc2ccc(F)cc2F)c1-c1ccccc1. The Morgan fingerprint density at radius 2 is 1.83 bits per heavy atom. The van der Waals surface area contributed by atoms with Crippen LogP contribution in [-0.2, 0) is 7.05 Å². The molecule has 0 atom stereocenters. The van der Waals surface area contributed by atoms with Gasteiger partial charge in [0.15, 0.2) is 5.56 Å². The third-order valence-electron chi connectivity index (χ3n) is 3.43. The Bertz CT molecular complexity index is 962. The molecule has 5 nitrogen and oxygen atoms in total. The van der Waals surface area contributed by atoms with Crippen molar-refractivity contribution in [1.29, 1.82) is 0 Å². The molecule has 0 saturated carbocycles. The van der Waals surface area contributed by atoms with Gasteiger partial charge >= 0.3 is 5.63 Å². The Morgan fingerprint density at radius 1 is 1.12 bits per heavy atom. The minimum Gasteiger partial charge on any atom is -0.335 e. The molecule has 1 amide bonds. The number of rotatable bonds is 3. The Morgan fingerprint density at radius 3 is 2.50 bits per heavy atom. The summed E-state index contributed by atoms with van der Waals surface area (Å²) in [5.74, 6) is -2.55. The van der Waals surface area contributed by atoms with Crippen molar-refractivity contribution in [2.45, 2.75) is 0 Å². The molecule has 0 saturated heterocycles. The number of nitrogens with one attached hydrogen (secondary N) is 1.